The predicted molar refractivity (Wildman–Crippen MR) is 116 cm³/mol. The van der Waals surface area contributed by atoms with Crippen LogP contribution >= 0.6 is 15.9 Å². The van der Waals surface area contributed by atoms with Crippen molar-refractivity contribution in [3.63, 3.8) is 0 Å². The number of allylic oxidation sites excluding steroid dienone is 1. The van der Waals surface area contributed by atoms with Crippen molar-refractivity contribution in [1.29, 1.82) is 0 Å². The Labute approximate surface area is 162 Å². The summed E-state index contributed by atoms with van der Waals surface area (Å²) in [5.74, 6) is 0.608. The molecular formula is C25H19Br. The quantitative estimate of drug-likeness (QED) is 0.289. The van der Waals surface area contributed by atoms with Gasteiger partial charge in [-0.3, -0.25) is 0 Å². The molecule has 0 aliphatic heterocycles. The van der Waals surface area contributed by atoms with E-state index in [4.69, 9.17) is 0 Å². The Hall–Kier alpha value is -2.38. The van der Waals surface area contributed by atoms with Gasteiger partial charge in [-0.1, -0.05) is 85.8 Å². The Bertz CT molecular complexity index is 1130. The molecule has 1 unspecified atom stereocenters. The van der Waals surface area contributed by atoms with Crippen LogP contribution in [0.4, 0.5) is 0 Å². The SMILES string of the molecule is CC1C=Cc2c(cccc2-c2c3ccccc3c(Br)c3ccccc23)C1. The van der Waals surface area contributed by atoms with E-state index in [1.165, 1.54) is 48.3 Å². The van der Waals surface area contributed by atoms with Crippen LogP contribution in [0.5, 0.6) is 0 Å². The van der Waals surface area contributed by atoms with Crippen LogP contribution in [-0.2, 0) is 6.42 Å². The Morgan fingerprint density at radius 3 is 2.04 bits per heavy atom. The van der Waals surface area contributed by atoms with Gasteiger partial charge in [0.05, 0.1) is 0 Å². The van der Waals surface area contributed by atoms with Gasteiger partial charge in [-0.25, -0.2) is 0 Å². The van der Waals surface area contributed by atoms with Gasteiger partial charge in [0, 0.05) is 4.47 Å². The first-order chi connectivity index (χ1) is 12.7. The first-order valence-electron chi connectivity index (χ1n) is 9.13. The number of hydrogen-bond donors (Lipinski definition) is 0. The molecule has 0 spiro atoms. The lowest BCUT2D eigenvalue weighted by atomic mass is 9.83. The number of benzene rings is 4. The van der Waals surface area contributed by atoms with Crippen LogP contribution < -0.4 is 0 Å². The molecular weight excluding hydrogens is 380 g/mol. The molecule has 0 fully saturated rings. The summed E-state index contributed by atoms with van der Waals surface area (Å²) < 4.78 is 1.18. The van der Waals surface area contributed by atoms with E-state index in [2.05, 4.69) is 102 Å². The summed E-state index contributed by atoms with van der Waals surface area (Å²) >= 11 is 3.86. The minimum atomic E-state index is 0.608. The fourth-order valence-corrected chi connectivity index (χ4v) is 4.94. The molecule has 0 aromatic heterocycles. The molecule has 0 amide bonds. The van der Waals surface area contributed by atoms with Crippen molar-refractivity contribution in [2.24, 2.45) is 5.92 Å². The first kappa shape index (κ1) is 15.8. The standard InChI is InChI=1S/C25H19Br/c1-16-13-14-18-17(15-16)7-6-12-19(18)24-20-8-2-4-10-22(20)25(26)23-11-5-3-9-21(23)24/h2-14,16H,15H2,1H3. The lowest BCUT2D eigenvalue weighted by molar-refractivity contribution is 0.717. The Kier molecular flexibility index (Phi) is 3.72. The van der Waals surface area contributed by atoms with E-state index in [1.807, 2.05) is 0 Å². The Morgan fingerprint density at radius 2 is 1.38 bits per heavy atom. The molecule has 26 heavy (non-hydrogen) atoms. The lowest BCUT2D eigenvalue weighted by Crippen LogP contribution is -2.04. The summed E-state index contributed by atoms with van der Waals surface area (Å²) in [6, 6.07) is 24.2. The van der Waals surface area contributed by atoms with Crippen molar-refractivity contribution in [2.45, 2.75) is 13.3 Å². The van der Waals surface area contributed by atoms with Gasteiger partial charge in [0.15, 0.2) is 0 Å². The number of fused-ring (bicyclic) bond motifs is 3. The van der Waals surface area contributed by atoms with E-state index in [9.17, 15) is 0 Å². The number of hydrogen-bond acceptors (Lipinski definition) is 0. The maximum atomic E-state index is 3.86. The van der Waals surface area contributed by atoms with Crippen LogP contribution in [0.25, 0.3) is 38.7 Å². The molecule has 126 valence electrons. The molecule has 0 N–H and O–H groups in total. The second kappa shape index (κ2) is 6.10. The van der Waals surface area contributed by atoms with Gasteiger partial charge in [-0.05, 0) is 72.1 Å². The van der Waals surface area contributed by atoms with Crippen molar-refractivity contribution in [3.8, 4) is 11.1 Å². The highest BCUT2D eigenvalue weighted by Gasteiger charge is 2.18. The predicted octanol–water partition coefficient (Wildman–Crippen LogP) is 7.63. The van der Waals surface area contributed by atoms with Crippen molar-refractivity contribution in [1.82, 2.24) is 0 Å². The topological polar surface area (TPSA) is 0 Å². The van der Waals surface area contributed by atoms with E-state index in [0.717, 1.165) is 6.42 Å². The molecule has 5 rings (SSSR count). The van der Waals surface area contributed by atoms with Gasteiger partial charge in [-0.15, -0.1) is 0 Å². The number of rotatable bonds is 1. The molecule has 1 atom stereocenters. The molecule has 0 heterocycles. The van der Waals surface area contributed by atoms with E-state index in [1.54, 1.807) is 0 Å². The smallest absolute Gasteiger partial charge is 0.0332 e. The summed E-state index contributed by atoms with van der Waals surface area (Å²) in [5, 5.41) is 5.15. The van der Waals surface area contributed by atoms with E-state index < -0.39 is 0 Å². The van der Waals surface area contributed by atoms with Gasteiger partial charge in [-0.2, -0.15) is 0 Å². The van der Waals surface area contributed by atoms with E-state index in [-0.39, 0.29) is 0 Å². The highest BCUT2D eigenvalue weighted by atomic mass is 79.9. The third kappa shape index (κ3) is 2.34. The molecule has 0 saturated heterocycles. The normalized spacial score (nSPS) is 16.2. The molecule has 0 nitrogen and oxygen atoms in total. The van der Waals surface area contributed by atoms with Gasteiger partial charge in [0.2, 0.25) is 0 Å². The van der Waals surface area contributed by atoms with Gasteiger partial charge in [0.1, 0.15) is 0 Å². The zero-order chi connectivity index (χ0) is 17.7. The minimum Gasteiger partial charge on any atom is -0.0807 e. The lowest BCUT2D eigenvalue weighted by Gasteiger charge is -2.21. The van der Waals surface area contributed by atoms with Crippen molar-refractivity contribution >= 4 is 43.6 Å². The van der Waals surface area contributed by atoms with Gasteiger partial charge >= 0.3 is 0 Å². The minimum absolute atomic E-state index is 0.608. The van der Waals surface area contributed by atoms with Crippen LogP contribution in [0.2, 0.25) is 0 Å². The van der Waals surface area contributed by atoms with Crippen molar-refractivity contribution < 1.29 is 0 Å². The summed E-state index contributed by atoms with van der Waals surface area (Å²) in [6.07, 6.45) is 5.78. The average Bonchev–Trinajstić information content (AvgIpc) is 2.68. The Balaban J connectivity index is 1.96. The fraction of sp³-hybridized carbons (Fsp3) is 0.120. The summed E-state index contributed by atoms with van der Waals surface area (Å²) in [4.78, 5) is 0. The van der Waals surface area contributed by atoms with Crippen LogP contribution in [0.1, 0.15) is 18.1 Å². The van der Waals surface area contributed by atoms with Crippen LogP contribution in [0, 0.1) is 5.92 Å². The van der Waals surface area contributed by atoms with Crippen LogP contribution in [0.3, 0.4) is 0 Å². The molecule has 4 aromatic rings. The van der Waals surface area contributed by atoms with Gasteiger partial charge in [0.25, 0.3) is 0 Å². The molecule has 0 bridgehead atoms. The fourth-order valence-electron chi connectivity index (χ4n) is 4.25. The summed E-state index contributed by atoms with van der Waals surface area (Å²) in [5.41, 5.74) is 5.51. The number of halogens is 1. The summed E-state index contributed by atoms with van der Waals surface area (Å²) in [6.45, 7) is 2.29. The molecule has 0 radical (unpaired) electrons. The highest BCUT2D eigenvalue weighted by Crippen LogP contribution is 2.43. The van der Waals surface area contributed by atoms with E-state index in [0.29, 0.717) is 5.92 Å². The third-order valence-corrected chi connectivity index (χ3v) is 6.32. The van der Waals surface area contributed by atoms with E-state index >= 15 is 0 Å². The zero-order valence-electron chi connectivity index (χ0n) is 14.7. The average molecular weight is 399 g/mol. The molecule has 1 aliphatic rings. The maximum Gasteiger partial charge on any atom is 0.0332 e. The maximum absolute atomic E-state index is 3.86. The second-order valence-electron chi connectivity index (χ2n) is 7.20. The zero-order valence-corrected chi connectivity index (χ0v) is 16.3. The van der Waals surface area contributed by atoms with Gasteiger partial charge < -0.3 is 0 Å². The molecule has 0 saturated carbocycles. The first-order valence-corrected chi connectivity index (χ1v) is 9.93. The molecule has 4 aromatic carbocycles. The largest absolute Gasteiger partial charge is 0.0807 e. The third-order valence-electron chi connectivity index (χ3n) is 5.46. The van der Waals surface area contributed by atoms with Crippen molar-refractivity contribution in [3.05, 3.63) is 88.4 Å². The second-order valence-corrected chi connectivity index (χ2v) is 7.99. The summed E-state index contributed by atoms with van der Waals surface area (Å²) in [7, 11) is 0. The van der Waals surface area contributed by atoms with Crippen molar-refractivity contribution in [2.75, 3.05) is 0 Å². The van der Waals surface area contributed by atoms with Crippen LogP contribution in [-0.4, -0.2) is 0 Å². The molecule has 1 heteroatoms. The highest BCUT2D eigenvalue weighted by molar-refractivity contribution is 9.10. The Morgan fingerprint density at radius 1 is 0.769 bits per heavy atom. The molecule has 1 aliphatic carbocycles. The monoisotopic (exact) mass is 398 g/mol. The van der Waals surface area contributed by atoms with Crippen LogP contribution in [0.15, 0.2) is 77.3 Å².